The van der Waals surface area contributed by atoms with Crippen molar-refractivity contribution in [3.05, 3.63) is 86.5 Å². The van der Waals surface area contributed by atoms with Crippen LogP contribution in [0.25, 0.3) is 11.1 Å². The molecule has 0 radical (unpaired) electrons. The minimum absolute atomic E-state index is 0.0109. The maximum absolute atomic E-state index is 12.7. The zero-order valence-electron chi connectivity index (χ0n) is 17.3. The van der Waals surface area contributed by atoms with Crippen molar-refractivity contribution in [2.24, 2.45) is 5.73 Å². The number of carbonyl (C=O) groups excluding carboxylic acids is 1. The fraction of sp³-hybridized carbons (Fsp3) is 0.217. The summed E-state index contributed by atoms with van der Waals surface area (Å²) in [5.74, 6) is -1.88. The molecule has 1 unspecified atom stereocenters. The van der Waals surface area contributed by atoms with Crippen LogP contribution in [0, 0.1) is 28.4 Å². The third-order valence-corrected chi connectivity index (χ3v) is 5.02. The van der Waals surface area contributed by atoms with Crippen LogP contribution in [0.2, 0.25) is 0 Å². The van der Waals surface area contributed by atoms with Crippen molar-refractivity contribution in [3.63, 3.8) is 0 Å². The normalized spacial score (nSPS) is 15.9. The number of hydrogen-bond acceptors (Lipinski definition) is 7. The molecule has 31 heavy (non-hydrogen) atoms. The summed E-state index contributed by atoms with van der Waals surface area (Å²) in [6.07, 6.45) is 0. The molecule has 1 atom stereocenters. The standard InChI is InChI=1S/C23H21N3O5/c1-4-30-23(27)20-14(3)31-22(25)18(12-24)21(20)17-11-16(9-10-19(17)26(28)29)15-7-5-13(2)6-8-15/h5-11,21H,4,25H2,1-3H3. The van der Waals surface area contributed by atoms with Crippen LogP contribution in [0.1, 0.15) is 30.9 Å². The number of nitrogens with zero attached hydrogens (tertiary/aromatic N) is 2. The van der Waals surface area contributed by atoms with Crippen molar-refractivity contribution in [2.75, 3.05) is 6.61 Å². The molecular formula is C23H21N3O5. The van der Waals surface area contributed by atoms with Gasteiger partial charge in [0.15, 0.2) is 0 Å². The predicted molar refractivity (Wildman–Crippen MR) is 113 cm³/mol. The SMILES string of the molecule is CCOC(=O)C1=C(C)OC(N)=C(C#N)C1c1cc(-c2ccc(C)cc2)ccc1[N+](=O)[O-]. The quantitative estimate of drug-likeness (QED) is 0.436. The topological polar surface area (TPSA) is 128 Å². The second kappa shape index (κ2) is 8.71. The zero-order valence-corrected chi connectivity index (χ0v) is 17.3. The Kier molecular flexibility index (Phi) is 6.07. The molecule has 1 heterocycles. The molecule has 2 aromatic carbocycles. The first-order valence-electron chi connectivity index (χ1n) is 9.59. The maximum atomic E-state index is 12.7. The van der Waals surface area contributed by atoms with Gasteiger partial charge in [0.2, 0.25) is 5.88 Å². The van der Waals surface area contributed by atoms with Gasteiger partial charge < -0.3 is 15.2 Å². The Bertz CT molecular complexity index is 1160. The molecule has 0 aromatic heterocycles. The molecule has 0 saturated carbocycles. The average Bonchev–Trinajstić information content (AvgIpc) is 2.73. The van der Waals surface area contributed by atoms with Gasteiger partial charge in [-0.05, 0) is 44.0 Å². The van der Waals surface area contributed by atoms with Gasteiger partial charge in [0.1, 0.15) is 17.4 Å². The lowest BCUT2D eigenvalue weighted by Gasteiger charge is -2.27. The molecule has 2 aromatic rings. The second-order valence-corrected chi connectivity index (χ2v) is 7.01. The number of nitriles is 1. The number of rotatable bonds is 5. The van der Waals surface area contributed by atoms with E-state index >= 15 is 0 Å². The van der Waals surface area contributed by atoms with E-state index in [4.69, 9.17) is 15.2 Å². The average molecular weight is 419 g/mol. The van der Waals surface area contributed by atoms with Gasteiger partial charge in [0, 0.05) is 11.6 Å². The lowest BCUT2D eigenvalue weighted by molar-refractivity contribution is -0.385. The molecule has 0 spiro atoms. The molecule has 2 N–H and O–H groups in total. The minimum atomic E-state index is -1.09. The molecule has 0 aliphatic carbocycles. The smallest absolute Gasteiger partial charge is 0.338 e. The van der Waals surface area contributed by atoms with Gasteiger partial charge in [-0.3, -0.25) is 10.1 Å². The summed E-state index contributed by atoms with van der Waals surface area (Å²) in [6.45, 7) is 5.20. The first kappa shape index (κ1) is 21.6. The van der Waals surface area contributed by atoms with E-state index in [-0.39, 0.29) is 40.6 Å². The van der Waals surface area contributed by atoms with Gasteiger partial charge in [-0.2, -0.15) is 5.26 Å². The molecule has 1 aliphatic rings. The van der Waals surface area contributed by atoms with Crippen LogP contribution in [0.3, 0.4) is 0 Å². The summed E-state index contributed by atoms with van der Waals surface area (Å²) >= 11 is 0. The Balaban J connectivity index is 2.29. The number of allylic oxidation sites excluding steroid dienone is 2. The van der Waals surface area contributed by atoms with Crippen molar-refractivity contribution < 1.29 is 19.2 Å². The first-order valence-corrected chi connectivity index (χ1v) is 9.59. The van der Waals surface area contributed by atoms with E-state index in [0.29, 0.717) is 5.56 Å². The Labute approximate surface area is 179 Å². The highest BCUT2D eigenvalue weighted by atomic mass is 16.6. The van der Waals surface area contributed by atoms with E-state index in [1.54, 1.807) is 19.1 Å². The van der Waals surface area contributed by atoms with E-state index in [1.807, 2.05) is 37.3 Å². The van der Waals surface area contributed by atoms with Gasteiger partial charge in [-0.1, -0.05) is 29.8 Å². The molecule has 0 fully saturated rings. The lowest BCUT2D eigenvalue weighted by Crippen LogP contribution is -2.26. The van der Waals surface area contributed by atoms with Gasteiger partial charge in [-0.15, -0.1) is 0 Å². The highest BCUT2D eigenvalue weighted by molar-refractivity contribution is 5.93. The number of benzene rings is 2. The van der Waals surface area contributed by atoms with Crippen LogP contribution in [0.5, 0.6) is 0 Å². The molecule has 0 bridgehead atoms. The number of nitro benzene ring substituents is 1. The number of hydrogen-bond donors (Lipinski definition) is 1. The van der Waals surface area contributed by atoms with Crippen molar-refractivity contribution in [3.8, 4) is 17.2 Å². The Morgan fingerprint density at radius 2 is 1.87 bits per heavy atom. The van der Waals surface area contributed by atoms with Crippen LogP contribution in [-0.4, -0.2) is 17.5 Å². The van der Waals surface area contributed by atoms with Crippen LogP contribution in [-0.2, 0) is 14.3 Å². The summed E-state index contributed by atoms with van der Waals surface area (Å²) in [6, 6.07) is 14.2. The summed E-state index contributed by atoms with van der Waals surface area (Å²) in [5, 5.41) is 21.6. The monoisotopic (exact) mass is 419 g/mol. The van der Waals surface area contributed by atoms with Gasteiger partial charge in [-0.25, -0.2) is 4.79 Å². The zero-order chi connectivity index (χ0) is 22.7. The Morgan fingerprint density at radius 3 is 2.45 bits per heavy atom. The van der Waals surface area contributed by atoms with Gasteiger partial charge in [0.25, 0.3) is 5.69 Å². The number of nitro groups is 1. The largest absolute Gasteiger partial charge is 0.463 e. The number of aryl methyl sites for hydroxylation is 1. The van der Waals surface area contributed by atoms with Gasteiger partial charge >= 0.3 is 5.97 Å². The summed E-state index contributed by atoms with van der Waals surface area (Å²) in [4.78, 5) is 24.0. The molecular weight excluding hydrogens is 398 g/mol. The van der Waals surface area contributed by atoms with E-state index in [1.165, 1.54) is 13.0 Å². The molecule has 8 nitrogen and oxygen atoms in total. The molecule has 3 rings (SSSR count). The number of ether oxygens (including phenoxy) is 2. The van der Waals surface area contributed by atoms with E-state index in [0.717, 1.165) is 11.1 Å². The van der Waals surface area contributed by atoms with Crippen molar-refractivity contribution in [1.82, 2.24) is 0 Å². The second-order valence-electron chi connectivity index (χ2n) is 7.01. The third-order valence-electron chi connectivity index (χ3n) is 5.02. The van der Waals surface area contributed by atoms with Crippen molar-refractivity contribution in [1.29, 1.82) is 5.26 Å². The fourth-order valence-electron chi connectivity index (χ4n) is 3.54. The third kappa shape index (κ3) is 4.12. The Morgan fingerprint density at radius 1 is 1.23 bits per heavy atom. The summed E-state index contributed by atoms with van der Waals surface area (Å²) in [5.41, 5.74) is 8.37. The van der Waals surface area contributed by atoms with E-state index < -0.39 is 16.8 Å². The van der Waals surface area contributed by atoms with Gasteiger partial charge in [0.05, 0.1) is 23.0 Å². The van der Waals surface area contributed by atoms with Crippen LogP contribution in [0.15, 0.2) is 65.3 Å². The molecule has 8 heteroatoms. The Hall–Kier alpha value is -4.12. The maximum Gasteiger partial charge on any atom is 0.338 e. The van der Waals surface area contributed by atoms with Crippen molar-refractivity contribution >= 4 is 11.7 Å². The summed E-state index contributed by atoms with van der Waals surface area (Å²) in [7, 11) is 0. The van der Waals surface area contributed by atoms with Crippen LogP contribution >= 0.6 is 0 Å². The van der Waals surface area contributed by atoms with E-state index in [9.17, 15) is 20.2 Å². The van der Waals surface area contributed by atoms with E-state index in [2.05, 4.69) is 0 Å². The van der Waals surface area contributed by atoms with Crippen LogP contribution in [0.4, 0.5) is 5.69 Å². The predicted octanol–water partition coefficient (Wildman–Crippen LogP) is 4.22. The molecule has 0 amide bonds. The minimum Gasteiger partial charge on any atom is -0.463 e. The molecule has 1 aliphatic heterocycles. The molecule has 158 valence electrons. The molecule has 0 saturated heterocycles. The first-order chi connectivity index (χ1) is 14.8. The fourth-order valence-corrected chi connectivity index (χ4v) is 3.54. The highest BCUT2D eigenvalue weighted by Gasteiger charge is 2.39. The van der Waals surface area contributed by atoms with Crippen molar-refractivity contribution in [2.45, 2.75) is 26.7 Å². The summed E-state index contributed by atoms with van der Waals surface area (Å²) < 4.78 is 10.5. The number of carbonyl (C=O) groups is 1. The number of nitrogens with two attached hydrogens (primary N) is 1. The highest BCUT2D eigenvalue weighted by Crippen LogP contribution is 2.44. The number of esters is 1. The lowest BCUT2D eigenvalue weighted by atomic mass is 9.81. The van der Waals surface area contributed by atoms with Crippen LogP contribution < -0.4 is 5.73 Å².